The number of nitrogens with zero attached hydrogens (tertiary/aromatic N) is 2. The Balaban J connectivity index is 1.35. The number of nitrogens with one attached hydrogen (secondary N) is 1. The fourth-order valence-electron chi connectivity index (χ4n) is 4.72. The molecule has 2 heterocycles. The van der Waals surface area contributed by atoms with E-state index < -0.39 is 5.54 Å². The van der Waals surface area contributed by atoms with Crippen LogP contribution in [0, 0.1) is 5.82 Å². The van der Waals surface area contributed by atoms with E-state index in [4.69, 9.17) is 16.3 Å². The molecule has 0 aliphatic carbocycles. The largest absolute Gasteiger partial charge is 0.497 e. The van der Waals surface area contributed by atoms with Crippen LogP contribution in [0.5, 0.6) is 5.75 Å². The van der Waals surface area contributed by atoms with E-state index in [-0.39, 0.29) is 17.6 Å². The highest BCUT2D eigenvalue weighted by Gasteiger charge is 2.39. The van der Waals surface area contributed by atoms with Crippen molar-refractivity contribution >= 4 is 29.1 Å². The monoisotopic (exact) mass is 473 g/mol. The quantitative estimate of drug-likeness (QED) is 0.664. The molecule has 0 spiro atoms. The summed E-state index contributed by atoms with van der Waals surface area (Å²) in [5.74, 6) is 0.114. The third kappa shape index (κ3) is 5.58. The van der Waals surface area contributed by atoms with Gasteiger partial charge in [-0.2, -0.15) is 0 Å². The summed E-state index contributed by atoms with van der Waals surface area (Å²) in [6.07, 6.45) is 2.15. The van der Waals surface area contributed by atoms with Crippen LogP contribution in [-0.4, -0.2) is 55.5 Å². The Morgan fingerprint density at radius 1 is 1.15 bits per heavy atom. The van der Waals surface area contributed by atoms with E-state index in [2.05, 4.69) is 10.2 Å². The second kappa shape index (κ2) is 10.00. The maximum Gasteiger partial charge on any atom is 0.222 e. The lowest BCUT2D eigenvalue weighted by atomic mass is 9.84. The van der Waals surface area contributed by atoms with Crippen molar-refractivity contribution in [2.24, 2.45) is 0 Å². The Labute approximate surface area is 198 Å². The molecule has 2 aromatic carbocycles. The Kier molecular flexibility index (Phi) is 7.08. The third-order valence-corrected chi connectivity index (χ3v) is 6.92. The van der Waals surface area contributed by atoms with Gasteiger partial charge in [-0.05, 0) is 55.2 Å². The first kappa shape index (κ1) is 23.4. The van der Waals surface area contributed by atoms with Gasteiger partial charge in [0.25, 0.3) is 0 Å². The van der Waals surface area contributed by atoms with Crippen molar-refractivity contribution in [1.29, 1.82) is 0 Å². The van der Waals surface area contributed by atoms with Gasteiger partial charge in [-0.3, -0.25) is 9.59 Å². The number of carbonyl (C=O) groups is 2. The molecule has 4 rings (SSSR count). The molecule has 8 heteroatoms. The highest BCUT2D eigenvalue weighted by atomic mass is 35.5. The van der Waals surface area contributed by atoms with Crippen LogP contribution in [0.4, 0.5) is 10.1 Å². The molecule has 0 aromatic heterocycles. The van der Waals surface area contributed by atoms with Gasteiger partial charge in [-0.15, -0.1) is 0 Å². The summed E-state index contributed by atoms with van der Waals surface area (Å²) in [6, 6.07) is 12.5. The lowest BCUT2D eigenvalue weighted by Gasteiger charge is -2.37. The topological polar surface area (TPSA) is 61.9 Å². The number of methoxy groups -OCH3 is 1. The van der Waals surface area contributed by atoms with Gasteiger partial charge in [0.1, 0.15) is 11.6 Å². The molecule has 0 radical (unpaired) electrons. The van der Waals surface area contributed by atoms with Crippen LogP contribution in [0.25, 0.3) is 0 Å². The van der Waals surface area contributed by atoms with Crippen LogP contribution in [0.3, 0.4) is 0 Å². The SMILES string of the molecule is COc1ccc(CC2(CCC(=O)N3CCN(c4ccc(Cl)cc4)CC3)CCC(=O)N2)c(F)c1. The summed E-state index contributed by atoms with van der Waals surface area (Å²) in [4.78, 5) is 29.1. The number of benzene rings is 2. The van der Waals surface area contributed by atoms with Crippen LogP contribution >= 0.6 is 11.6 Å². The Bertz CT molecular complexity index is 1010. The van der Waals surface area contributed by atoms with E-state index in [1.54, 1.807) is 12.1 Å². The summed E-state index contributed by atoms with van der Waals surface area (Å²) in [6.45, 7) is 2.81. The minimum atomic E-state index is -0.604. The Hall–Kier alpha value is -2.80. The molecule has 1 N–H and O–H groups in total. The average Bonchev–Trinajstić information content (AvgIpc) is 3.20. The van der Waals surface area contributed by atoms with Gasteiger partial charge in [0, 0.05) is 61.3 Å². The summed E-state index contributed by atoms with van der Waals surface area (Å²) < 4.78 is 19.6. The number of rotatable bonds is 7. The summed E-state index contributed by atoms with van der Waals surface area (Å²) in [5, 5.41) is 3.74. The molecule has 2 amide bonds. The molecule has 176 valence electrons. The van der Waals surface area contributed by atoms with E-state index in [9.17, 15) is 14.0 Å². The zero-order valence-electron chi connectivity index (χ0n) is 18.8. The molecule has 0 saturated carbocycles. The van der Waals surface area contributed by atoms with Gasteiger partial charge >= 0.3 is 0 Å². The molecule has 2 aliphatic heterocycles. The van der Waals surface area contributed by atoms with Crippen molar-refractivity contribution in [2.75, 3.05) is 38.2 Å². The smallest absolute Gasteiger partial charge is 0.222 e. The van der Waals surface area contributed by atoms with E-state index >= 15 is 0 Å². The molecule has 1 unspecified atom stereocenters. The first-order valence-corrected chi connectivity index (χ1v) is 11.7. The van der Waals surface area contributed by atoms with Gasteiger partial charge in [0.05, 0.1) is 7.11 Å². The standard InChI is InChI=1S/C25H29ClFN3O3/c1-33-21-7-2-18(22(27)16-21)17-25(10-8-23(31)28-25)11-9-24(32)30-14-12-29(13-15-30)20-5-3-19(26)4-6-20/h2-7,16H,8-15,17H2,1H3,(H,28,31). The predicted octanol–water partition coefficient (Wildman–Crippen LogP) is 3.81. The maximum absolute atomic E-state index is 14.6. The molecule has 2 fully saturated rings. The number of halogens is 2. The zero-order chi connectivity index (χ0) is 23.4. The number of piperazine rings is 1. The number of ether oxygens (including phenoxy) is 1. The molecule has 33 heavy (non-hydrogen) atoms. The van der Waals surface area contributed by atoms with Gasteiger partial charge in [0.2, 0.25) is 11.8 Å². The maximum atomic E-state index is 14.6. The zero-order valence-corrected chi connectivity index (χ0v) is 19.5. The normalized spacial score (nSPS) is 20.6. The molecule has 2 aliphatic rings. The molecule has 2 aromatic rings. The fraction of sp³-hybridized carbons (Fsp3) is 0.440. The molecular weight excluding hydrogens is 445 g/mol. The minimum Gasteiger partial charge on any atom is -0.497 e. The lowest BCUT2D eigenvalue weighted by Crippen LogP contribution is -2.50. The minimum absolute atomic E-state index is 0.0482. The van der Waals surface area contributed by atoms with Crippen LogP contribution in [0.2, 0.25) is 5.02 Å². The first-order chi connectivity index (χ1) is 15.9. The van der Waals surface area contributed by atoms with Gasteiger partial charge < -0.3 is 19.9 Å². The van der Waals surface area contributed by atoms with E-state index in [0.717, 1.165) is 18.8 Å². The molecule has 0 bridgehead atoms. The molecule has 6 nitrogen and oxygen atoms in total. The first-order valence-electron chi connectivity index (χ1n) is 11.3. The predicted molar refractivity (Wildman–Crippen MR) is 126 cm³/mol. The Morgan fingerprint density at radius 3 is 2.48 bits per heavy atom. The summed E-state index contributed by atoms with van der Waals surface area (Å²) in [7, 11) is 1.49. The molecular formula is C25H29ClFN3O3. The van der Waals surface area contributed by atoms with Crippen molar-refractivity contribution in [2.45, 2.75) is 37.6 Å². The van der Waals surface area contributed by atoms with Crippen molar-refractivity contribution in [3.05, 3.63) is 58.9 Å². The van der Waals surface area contributed by atoms with Gasteiger partial charge in [-0.1, -0.05) is 17.7 Å². The van der Waals surface area contributed by atoms with E-state index in [1.165, 1.54) is 13.2 Å². The summed E-state index contributed by atoms with van der Waals surface area (Å²) in [5.41, 5.74) is 1.01. The van der Waals surface area contributed by atoms with Crippen LogP contribution in [0.15, 0.2) is 42.5 Å². The van der Waals surface area contributed by atoms with Crippen molar-refractivity contribution in [1.82, 2.24) is 10.2 Å². The number of hydrogen-bond donors (Lipinski definition) is 1. The van der Waals surface area contributed by atoms with E-state index in [1.807, 2.05) is 29.2 Å². The molecule has 1 atom stereocenters. The lowest BCUT2D eigenvalue weighted by molar-refractivity contribution is -0.132. The van der Waals surface area contributed by atoms with Crippen molar-refractivity contribution in [3.63, 3.8) is 0 Å². The molecule has 2 saturated heterocycles. The van der Waals surface area contributed by atoms with Crippen molar-refractivity contribution < 1.29 is 18.7 Å². The number of hydrogen-bond acceptors (Lipinski definition) is 4. The van der Waals surface area contributed by atoms with Gasteiger partial charge in [0.15, 0.2) is 0 Å². The highest BCUT2D eigenvalue weighted by Crippen LogP contribution is 2.31. The number of carbonyl (C=O) groups excluding carboxylic acids is 2. The van der Waals surface area contributed by atoms with E-state index in [0.29, 0.717) is 61.5 Å². The third-order valence-electron chi connectivity index (χ3n) is 6.67. The average molecular weight is 474 g/mol. The number of anilines is 1. The van der Waals surface area contributed by atoms with Crippen LogP contribution in [-0.2, 0) is 16.0 Å². The van der Waals surface area contributed by atoms with Gasteiger partial charge in [-0.25, -0.2) is 4.39 Å². The fourth-order valence-corrected chi connectivity index (χ4v) is 4.84. The number of amides is 2. The van der Waals surface area contributed by atoms with Crippen molar-refractivity contribution in [3.8, 4) is 5.75 Å². The highest BCUT2D eigenvalue weighted by molar-refractivity contribution is 6.30. The Morgan fingerprint density at radius 2 is 1.88 bits per heavy atom. The second-order valence-electron chi connectivity index (χ2n) is 8.81. The second-order valence-corrected chi connectivity index (χ2v) is 9.24. The van der Waals surface area contributed by atoms with Crippen LogP contribution in [0.1, 0.15) is 31.2 Å². The van der Waals surface area contributed by atoms with Crippen LogP contribution < -0.4 is 15.0 Å². The summed E-state index contributed by atoms with van der Waals surface area (Å²) >= 11 is 5.97.